The molecule has 0 radical (unpaired) electrons. The quantitative estimate of drug-likeness (QED) is 0.856. The van der Waals surface area contributed by atoms with Gasteiger partial charge in [-0.3, -0.25) is 4.79 Å². The van der Waals surface area contributed by atoms with Crippen LogP contribution in [0.4, 0.5) is 5.13 Å². The fourth-order valence-corrected chi connectivity index (χ4v) is 4.21. The van der Waals surface area contributed by atoms with E-state index in [2.05, 4.69) is 9.27 Å². The van der Waals surface area contributed by atoms with Crippen molar-refractivity contribution in [2.75, 3.05) is 25.0 Å². The number of rotatable bonds is 4. The maximum absolute atomic E-state index is 12.5. The lowest BCUT2D eigenvalue weighted by Crippen LogP contribution is -2.50. The standard InChI is InChI=1S/C16H24N4OS/c1-19(15(21)12-4-2-5-12)13-6-3-9-20(10-13)16-17-14(18-22-16)11-7-8-11/h11-13H,2-10H2,1H3. The molecule has 2 aliphatic carbocycles. The molecule has 1 aliphatic heterocycles. The van der Waals surface area contributed by atoms with Gasteiger partial charge in [0.25, 0.3) is 0 Å². The van der Waals surface area contributed by atoms with Crippen LogP contribution in [0.1, 0.15) is 56.7 Å². The molecule has 0 aromatic carbocycles. The lowest BCUT2D eigenvalue weighted by Gasteiger charge is -2.39. The van der Waals surface area contributed by atoms with Crippen LogP contribution < -0.4 is 4.90 Å². The summed E-state index contributed by atoms with van der Waals surface area (Å²) in [6.07, 6.45) is 8.12. The minimum absolute atomic E-state index is 0.295. The van der Waals surface area contributed by atoms with Crippen molar-refractivity contribution in [1.82, 2.24) is 14.3 Å². The summed E-state index contributed by atoms with van der Waals surface area (Å²) in [6.45, 7) is 1.95. The van der Waals surface area contributed by atoms with Crippen molar-refractivity contribution in [1.29, 1.82) is 0 Å². The third kappa shape index (κ3) is 2.73. The van der Waals surface area contributed by atoms with Crippen LogP contribution >= 0.6 is 11.5 Å². The third-order valence-electron chi connectivity index (χ3n) is 5.39. The number of likely N-dealkylation sites (N-methyl/N-ethyl adjacent to an activating group) is 1. The first kappa shape index (κ1) is 14.4. The van der Waals surface area contributed by atoms with Crippen LogP contribution in [0.25, 0.3) is 0 Å². The zero-order valence-electron chi connectivity index (χ0n) is 13.2. The Labute approximate surface area is 135 Å². The van der Waals surface area contributed by atoms with E-state index in [-0.39, 0.29) is 0 Å². The smallest absolute Gasteiger partial charge is 0.225 e. The van der Waals surface area contributed by atoms with Crippen molar-refractivity contribution >= 4 is 22.6 Å². The molecule has 0 spiro atoms. The highest BCUT2D eigenvalue weighted by molar-refractivity contribution is 7.09. The Morgan fingerprint density at radius 2 is 2.05 bits per heavy atom. The second-order valence-corrected chi connectivity index (χ2v) is 7.76. The Hall–Kier alpha value is -1.17. The highest BCUT2D eigenvalue weighted by atomic mass is 32.1. The van der Waals surface area contributed by atoms with E-state index in [4.69, 9.17) is 4.98 Å². The van der Waals surface area contributed by atoms with Crippen molar-refractivity contribution < 1.29 is 4.79 Å². The first-order valence-corrected chi connectivity index (χ1v) is 9.35. The predicted octanol–water partition coefficient (Wildman–Crippen LogP) is 2.64. The van der Waals surface area contributed by atoms with Gasteiger partial charge in [0.2, 0.25) is 11.0 Å². The van der Waals surface area contributed by atoms with Gasteiger partial charge in [0.05, 0.1) is 0 Å². The first-order chi connectivity index (χ1) is 10.7. The van der Waals surface area contributed by atoms with Crippen LogP contribution in [0.5, 0.6) is 0 Å². The number of anilines is 1. The van der Waals surface area contributed by atoms with E-state index < -0.39 is 0 Å². The molecule has 22 heavy (non-hydrogen) atoms. The fraction of sp³-hybridized carbons (Fsp3) is 0.812. The molecule has 6 heteroatoms. The monoisotopic (exact) mass is 320 g/mol. The highest BCUT2D eigenvalue weighted by Crippen LogP contribution is 2.40. The van der Waals surface area contributed by atoms with Gasteiger partial charge < -0.3 is 9.80 Å². The van der Waals surface area contributed by atoms with E-state index in [0.717, 1.165) is 49.7 Å². The summed E-state index contributed by atoms with van der Waals surface area (Å²) in [5.41, 5.74) is 0. The Morgan fingerprint density at radius 3 is 2.73 bits per heavy atom. The summed E-state index contributed by atoms with van der Waals surface area (Å²) >= 11 is 1.53. The molecular formula is C16H24N4OS. The molecule has 3 aliphatic rings. The Morgan fingerprint density at radius 1 is 1.23 bits per heavy atom. The summed E-state index contributed by atoms with van der Waals surface area (Å²) in [5, 5.41) is 1.05. The largest absolute Gasteiger partial charge is 0.345 e. The molecule has 4 rings (SSSR count). The molecule has 1 unspecified atom stereocenters. The molecule has 0 N–H and O–H groups in total. The van der Waals surface area contributed by atoms with Crippen LogP contribution in [0.15, 0.2) is 0 Å². The average molecular weight is 320 g/mol. The number of piperidine rings is 1. The van der Waals surface area contributed by atoms with Gasteiger partial charge in [0.15, 0.2) is 0 Å². The minimum Gasteiger partial charge on any atom is -0.345 e. The number of nitrogens with zero attached hydrogens (tertiary/aromatic N) is 4. The summed E-state index contributed by atoms with van der Waals surface area (Å²) in [7, 11) is 1.99. The Kier molecular flexibility index (Phi) is 3.80. The molecule has 2 heterocycles. The number of hydrogen-bond donors (Lipinski definition) is 0. The lowest BCUT2D eigenvalue weighted by molar-refractivity contribution is -0.139. The van der Waals surface area contributed by atoms with Crippen molar-refractivity contribution in [3.8, 4) is 0 Å². The first-order valence-electron chi connectivity index (χ1n) is 8.57. The van der Waals surface area contributed by atoms with E-state index in [1.165, 1.54) is 30.8 Å². The average Bonchev–Trinajstić information content (AvgIpc) is 3.22. The van der Waals surface area contributed by atoms with E-state index in [1.54, 1.807) is 0 Å². The normalized spacial score (nSPS) is 25.9. The number of hydrogen-bond acceptors (Lipinski definition) is 5. The number of carbonyl (C=O) groups is 1. The number of carbonyl (C=O) groups excluding carboxylic acids is 1. The van der Waals surface area contributed by atoms with Gasteiger partial charge in [0.1, 0.15) is 5.82 Å². The van der Waals surface area contributed by atoms with Crippen molar-refractivity contribution in [2.24, 2.45) is 5.92 Å². The molecule has 0 bridgehead atoms. The topological polar surface area (TPSA) is 49.3 Å². The zero-order valence-corrected chi connectivity index (χ0v) is 14.0. The van der Waals surface area contributed by atoms with Crippen LogP contribution in [0.3, 0.4) is 0 Å². The summed E-state index contributed by atoms with van der Waals surface area (Å²) in [6, 6.07) is 0.329. The lowest BCUT2D eigenvalue weighted by atomic mass is 9.84. The van der Waals surface area contributed by atoms with Crippen molar-refractivity contribution in [3.05, 3.63) is 5.82 Å². The second-order valence-electron chi connectivity index (χ2n) is 7.03. The van der Waals surface area contributed by atoms with Crippen LogP contribution in [-0.2, 0) is 4.79 Å². The third-order valence-corrected chi connectivity index (χ3v) is 6.18. The SMILES string of the molecule is CN(C(=O)C1CCC1)C1CCCN(c2nc(C3CC3)ns2)C1. The fourth-order valence-electron chi connectivity index (χ4n) is 3.43. The van der Waals surface area contributed by atoms with E-state index in [0.29, 0.717) is 23.8 Å². The molecule has 1 aromatic rings. The van der Waals surface area contributed by atoms with Crippen LogP contribution in [0, 0.1) is 5.92 Å². The molecular weight excluding hydrogens is 296 g/mol. The molecule has 1 amide bonds. The van der Waals surface area contributed by atoms with E-state index in [1.807, 2.05) is 11.9 Å². The Balaban J connectivity index is 1.40. The van der Waals surface area contributed by atoms with Crippen LogP contribution in [-0.4, -0.2) is 46.3 Å². The minimum atomic E-state index is 0.295. The highest BCUT2D eigenvalue weighted by Gasteiger charge is 2.34. The molecule has 2 saturated carbocycles. The number of aromatic nitrogens is 2. The van der Waals surface area contributed by atoms with Gasteiger partial charge in [-0.05, 0) is 38.5 Å². The molecule has 120 valence electrons. The molecule has 3 fully saturated rings. The maximum atomic E-state index is 12.5. The van der Waals surface area contributed by atoms with Gasteiger partial charge >= 0.3 is 0 Å². The molecule has 1 saturated heterocycles. The summed E-state index contributed by atoms with van der Waals surface area (Å²) in [4.78, 5) is 21.5. The van der Waals surface area contributed by atoms with Gasteiger partial charge in [-0.1, -0.05) is 6.42 Å². The maximum Gasteiger partial charge on any atom is 0.225 e. The van der Waals surface area contributed by atoms with Crippen LogP contribution in [0.2, 0.25) is 0 Å². The zero-order chi connectivity index (χ0) is 15.1. The van der Waals surface area contributed by atoms with Gasteiger partial charge in [0, 0.05) is 49.5 Å². The molecule has 5 nitrogen and oxygen atoms in total. The van der Waals surface area contributed by atoms with E-state index >= 15 is 0 Å². The number of amides is 1. The van der Waals surface area contributed by atoms with Gasteiger partial charge in [-0.15, -0.1) is 0 Å². The predicted molar refractivity (Wildman–Crippen MR) is 87.2 cm³/mol. The van der Waals surface area contributed by atoms with Crippen molar-refractivity contribution in [2.45, 2.75) is 56.9 Å². The second kappa shape index (κ2) is 5.80. The van der Waals surface area contributed by atoms with E-state index in [9.17, 15) is 4.79 Å². The van der Waals surface area contributed by atoms with Gasteiger partial charge in [-0.2, -0.15) is 4.37 Å². The Bertz CT molecular complexity index is 552. The summed E-state index contributed by atoms with van der Waals surface area (Å²) < 4.78 is 4.52. The van der Waals surface area contributed by atoms with Crippen molar-refractivity contribution in [3.63, 3.8) is 0 Å². The molecule has 1 aromatic heterocycles. The van der Waals surface area contributed by atoms with Gasteiger partial charge in [-0.25, -0.2) is 4.98 Å². The summed E-state index contributed by atoms with van der Waals surface area (Å²) in [5.74, 6) is 2.31. The molecule has 1 atom stereocenters.